The van der Waals surface area contributed by atoms with Gasteiger partial charge in [-0.3, -0.25) is 0 Å². The molecule has 0 saturated heterocycles. The van der Waals surface area contributed by atoms with E-state index in [4.69, 9.17) is 6.42 Å². The summed E-state index contributed by atoms with van der Waals surface area (Å²) >= 11 is 0. The van der Waals surface area contributed by atoms with Crippen LogP contribution in [-0.4, -0.2) is 44.3 Å². The predicted molar refractivity (Wildman–Crippen MR) is 94.3 cm³/mol. The molecule has 0 aromatic heterocycles. The molecule has 0 aromatic rings. The third-order valence-electron chi connectivity index (χ3n) is 8.54. The Morgan fingerprint density at radius 3 is 2.52 bits per heavy atom. The largest absolute Gasteiger partial charge is 0.393 e. The van der Waals surface area contributed by atoms with Crippen LogP contribution >= 0.6 is 0 Å². The van der Waals surface area contributed by atoms with Gasteiger partial charge in [0.15, 0.2) is 5.60 Å². The summed E-state index contributed by atoms with van der Waals surface area (Å²) in [5, 5.41) is 42.6. The first-order valence-corrected chi connectivity index (χ1v) is 9.63. The molecule has 4 rings (SSSR count). The third-order valence-corrected chi connectivity index (χ3v) is 8.54. The van der Waals surface area contributed by atoms with Crippen LogP contribution in [0.5, 0.6) is 0 Å². The van der Waals surface area contributed by atoms with Gasteiger partial charge in [-0.25, -0.2) is 0 Å². The average molecular weight is 346 g/mol. The number of fused-ring (bicyclic) bond motifs is 5. The SMILES string of the molecule is C#C[C@]1(O)[C@@H](O)CC2C3C(CC[C@@]21C)[C@@]1(C)CC[C@@H](O)CC1=C[C@@H]3O. The van der Waals surface area contributed by atoms with E-state index in [1.54, 1.807) is 0 Å². The Hall–Kier alpha value is -0.860. The van der Waals surface area contributed by atoms with Crippen LogP contribution in [0.4, 0.5) is 0 Å². The van der Waals surface area contributed by atoms with E-state index in [1.165, 1.54) is 5.57 Å². The number of hydrogen-bond donors (Lipinski definition) is 4. The molecule has 4 nitrogen and oxygen atoms in total. The molecule has 4 heteroatoms. The summed E-state index contributed by atoms with van der Waals surface area (Å²) in [5.74, 6) is 2.79. The Morgan fingerprint density at radius 1 is 1.12 bits per heavy atom. The Bertz CT molecular complexity index is 651. The first-order valence-electron chi connectivity index (χ1n) is 9.63. The summed E-state index contributed by atoms with van der Waals surface area (Å²) in [6, 6.07) is 0. The van der Waals surface area contributed by atoms with E-state index in [9.17, 15) is 20.4 Å². The third kappa shape index (κ3) is 2.04. The fourth-order valence-corrected chi connectivity index (χ4v) is 6.92. The molecule has 3 unspecified atom stereocenters. The molecular formula is C21H30O4. The minimum atomic E-state index is -1.52. The Balaban J connectivity index is 1.77. The van der Waals surface area contributed by atoms with Crippen molar-refractivity contribution >= 4 is 0 Å². The zero-order chi connectivity index (χ0) is 18.2. The van der Waals surface area contributed by atoms with Crippen LogP contribution in [0.3, 0.4) is 0 Å². The fourth-order valence-electron chi connectivity index (χ4n) is 6.92. The molecule has 0 radical (unpaired) electrons. The van der Waals surface area contributed by atoms with Gasteiger partial charge in [0.25, 0.3) is 0 Å². The van der Waals surface area contributed by atoms with E-state index < -0.39 is 23.2 Å². The molecule has 9 atom stereocenters. The van der Waals surface area contributed by atoms with Gasteiger partial charge in [0, 0.05) is 5.41 Å². The zero-order valence-electron chi connectivity index (χ0n) is 15.2. The molecule has 4 aliphatic rings. The molecule has 0 amide bonds. The van der Waals surface area contributed by atoms with Gasteiger partial charge >= 0.3 is 0 Å². The van der Waals surface area contributed by atoms with E-state index in [2.05, 4.69) is 12.8 Å². The number of aliphatic hydroxyl groups is 4. The highest BCUT2D eigenvalue weighted by Crippen LogP contribution is 2.66. The van der Waals surface area contributed by atoms with E-state index in [1.807, 2.05) is 13.0 Å². The second-order valence-corrected chi connectivity index (χ2v) is 9.41. The second kappa shape index (κ2) is 5.33. The first-order chi connectivity index (χ1) is 11.7. The summed E-state index contributed by atoms with van der Waals surface area (Å²) in [4.78, 5) is 0. The van der Waals surface area contributed by atoms with Crippen LogP contribution in [-0.2, 0) is 0 Å². The van der Waals surface area contributed by atoms with E-state index >= 15 is 0 Å². The Kier molecular flexibility index (Phi) is 3.74. The normalized spacial score (nSPS) is 57.7. The van der Waals surface area contributed by atoms with Gasteiger partial charge < -0.3 is 20.4 Å². The quantitative estimate of drug-likeness (QED) is 0.397. The lowest BCUT2D eigenvalue weighted by molar-refractivity contribution is -0.135. The monoisotopic (exact) mass is 346 g/mol. The number of hydrogen-bond acceptors (Lipinski definition) is 4. The molecule has 0 aliphatic heterocycles. The lowest BCUT2D eigenvalue weighted by Crippen LogP contribution is -2.58. The molecular weight excluding hydrogens is 316 g/mol. The van der Waals surface area contributed by atoms with Crippen molar-refractivity contribution in [3.63, 3.8) is 0 Å². The minimum absolute atomic E-state index is 0.000215. The molecule has 0 heterocycles. The van der Waals surface area contributed by atoms with Crippen LogP contribution < -0.4 is 0 Å². The fraction of sp³-hybridized carbons (Fsp3) is 0.810. The molecule has 0 aromatic carbocycles. The summed E-state index contributed by atoms with van der Waals surface area (Å²) in [6.45, 7) is 4.26. The minimum Gasteiger partial charge on any atom is -0.393 e. The van der Waals surface area contributed by atoms with Gasteiger partial charge in [0.05, 0.1) is 18.3 Å². The lowest BCUT2D eigenvalue weighted by Gasteiger charge is -2.59. The van der Waals surface area contributed by atoms with Crippen LogP contribution in [0.25, 0.3) is 0 Å². The van der Waals surface area contributed by atoms with Gasteiger partial charge in [0.2, 0.25) is 0 Å². The van der Waals surface area contributed by atoms with Crippen molar-refractivity contribution in [1.82, 2.24) is 0 Å². The number of terminal acetylenes is 1. The number of aliphatic hydroxyl groups excluding tert-OH is 3. The zero-order valence-corrected chi connectivity index (χ0v) is 15.2. The molecule has 138 valence electrons. The maximum Gasteiger partial charge on any atom is 0.156 e. The summed E-state index contributed by atoms with van der Waals surface area (Å²) < 4.78 is 0. The van der Waals surface area contributed by atoms with Gasteiger partial charge in [-0.1, -0.05) is 31.4 Å². The molecule has 3 fully saturated rings. The van der Waals surface area contributed by atoms with Crippen molar-refractivity contribution in [3.05, 3.63) is 11.6 Å². The van der Waals surface area contributed by atoms with Crippen molar-refractivity contribution in [1.29, 1.82) is 0 Å². The van der Waals surface area contributed by atoms with Crippen molar-refractivity contribution in [2.75, 3.05) is 0 Å². The van der Waals surface area contributed by atoms with Crippen molar-refractivity contribution in [3.8, 4) is 12.3 Å². The first kappa shape index (κ1) is 17.5. The van der Waals surface area contributed by atoms with Gasteiger partial charge in [0.1, 0.15) is 0 Å². The standard InChI is InChI=1S/C21H30O4/c1-4-21(25)17(24)11-15-18-14(6-8-20(15,21)3)19(2)7-5-13(22)9-12(19)10-16(18)23/h1,10,13-18,22-25H,5-9,11H2,2-3H3/t13-,14?,15?,16+,17+,18?,19+,20+,21+/m1/s1. The molecule has 25 heavy (non-hydrogen) atoms. The second-order valence-electron chi connectivity index (χ2n) is 9.41. The smallest absolute Gasteiger partial charge is 0.156 e. The van der Waals surface area contributed by atoms with Crippen LogP contribution in [0, 0.1) is 40.9 Å². The average Bonchev–Trinajstić information content (AvgIpc) is 2.77. The Labute approximate surface area is 150 Å². The van der Waals surface area contributed by atoms with E-state index in [0.29, 0.717) is 18.8 Å². The Morgan fingerprint density at radius 2 is 1.84 bits per heavy atom. The number of rotatable bonds is 0. The molecule has 4 aliphatic carbocycles. The highest BCUT2D eigenvalue weighted by atomic mass is 16.3. The molecule has 4 N–H and O–H groups in total. The van der Waals surface area contributed by atoms with Gasteiger partial charge in [-0.2, -0.15) is 0 Å². The maximum atomic E-state index is 11.0. The van der Waals surface area contributed by atoms with Crippen LogP contribution in [0.2, 0.25) is 0 Å². The van der Waals surface area contributed by atoms with E-state index in [-0.39, 0.29) is 23.4 Å². The van der Waals surface area contributed by atoms with Gasteiger partial charge in [-0.15, -0.1) is 6.42 Å². The molecule has 0 spiro atoms. The van der Waals surface area contributed by atoms with Crippen LogP contribution in [0.1, 0.15) is 52.4 Å². The highest BCUT2D eigenvalue weighted by molar-refractivity contribution is 5.32. The van der Waals surface area contributed by atoms with Crippen molar-refractivity contribution in [2.45, 2.75) is 76.3 Å². The summed E-state index contributed by atoms with van der Waals surface area (Å²) in [7, 11) is 0. The molecule has 0 bridgehead atoms. The van der Waals surface area contributed by atoms with Crippen LogP contribution in [0.15, 0.2) is 11.6 Å². The molecule has 3 saturated carbocycles. The predicted octanol–water partition coefficient (Wildman–Crippen LogP) is 1.62. The topological polar surface area (TPSA) is 80.9 Å². The summed E-state index contributed by atoms with van der Waals surface area (Å²) in [5.41, 5.74) is -0.907. The van der Waals surface area contributed by atoms with E-state index in [0.717, 1.165) is 25.7 Å². The maximum absolute atomic E-state index is 11.0. The van der Waals surface area contributed by atoms with Gasteiger partial charge in [-0.05, 0) is 61.7 Å². The van der Waals surface area contributed by atoms with Crippen molar-refractivity contribution in [2.24, 2.45) is 28.6 Å². The summed E-state index contributed by atoms with van der Waals surface area (Å²) in [6.07, 6.45) is 10.2. The lowest BCUT2D eigenvalue weighted by atomic mass is 9.46. The highest BCUT2D eigenvalue weighted by Gasteiger charge is 2.68. The van der Waals surface area contributed by atoms with Crippen molar-refractivity contribution < 1.29 is 20.4 Å².